The highest BCUT2D eigenvalue weighted by atomic mass is 19.4. The van der Waals surface area contributed by atoms with Crippen LogP contribution in [0.3, 0.4) is 0 Å². The van der Waals surface area contributed by atoms with Crippen LogP contribution >= 0.6 is 0 Å². The molecular weight excluding hydrogens is 397 g/mol. The third-order valence-electron chi connectivity index (χ3n) is 4.44. The molecule has 2 aromatic heterocycles. The number of carbonyl (C=O) groups excluding carboxylic acids is 1. The standard InChI is InChI=1S/C20H17F3N6O/c1-13-9-15(11-16(10-13)20(21,22)23)19(30)28(8-6-24)14(2)18-26-12-27-29(18)17-5-3-4-7-25-17/h3-5,7,9-12,14H,8H2,1-2H3. The quantitative estimate of drug-likeness (QED) is 0.594. The van der Waals surface area contributed by atoms with E-state index in [0.717, 1.165) is 17.0 Å². The molecule has 0 aliphatic carbocycles. The first kappa shape index (κ1) is 21.0. The van der Waals surface area contributed by atoms with Crippen LogP contribution in [0.25, 0.3) is 5.82 Å². The lowest BCUT2D eigenvalue weighted by Gasteiger charge is -2.27. The number of aryl methyl sites for hydroxylation is 1. The molecule has 1 atom stereocenters. The minimum atomic E-state index is -4.59. The number of pyridine rings is 1. The number of nitriles is 1. The van der Waals surface area contributed by atoms with Crippen LogP contribution in [-0.2, 0) is 6.18 Å². The van der Waals surface area contributed by atoms with Crippen LogP contribution in [0.2, 0.25) is 0 Å². The van der Waals surface area contributed by atoms with Gasteiger partial charge in [-0.3, -0.25) is 4.79 Å². The molecular formula is C20H17F3N6O. The Hall–Kier alpha value is -3.74. The highest BCUT2D eigenvalue weighted by Gasteiger charge is 2.33. The van der Waals surface area contributed by atoms with E-state index in [9.17, 15) is 23.2 Å². The third-order valence-corrected chi connectivity index (χ3v) is 4.44. The van der Waals surface area contributed by atoms with Gasteiger partial charge in [0.05, 0.1) is 17.7 Å². The fraction of sp³-hybridized carbons (Fsp3) is 0.250. The summed E-state index contributed by atoms with van der Waals surface area (Å²) in [7, 11) is 0. The van der Waals surface area contributed by atoms with Crippen LogP contribution in [0.5, 0.6) is 0 Å². The Morgan fingerprint density at radius 1 is 1.27 bits per heavy atom. The van der Waals surface area contributed by atoms with E-state index in [1.165, 1.54) is 24.0 Å². The zero-order valence-corrected chi connectivity index (χ0v) is 16.1. The minimum Gasteiger partial charge on any atom is -0.315 e. The van der Waals surface area contributed by atoms with Gasteiger partial charge in [0.1, 0.15) is 12.9 Å². The second-order valence-electron chi connectivity index (χ2n) is 6.57. The topological polar surface area (TPSA) is 87.7 Å². The summed E-state index contributed by atoms with van der Waals surface area (Å²) < 4.78 is 40.9. The van der Waals surface area contributed by atoms with E-state index < -0.39 is 23.7 Å². The Morgan fingerprint density at radius 2 is 2.03 bits per heavy atom. The number of amides is 1. The molecule has 1 aromatic carbocycles. The lowest BCUT2D eigenvalue weighted by molar-refractivity contribution is -0.137. The minimum absolute atomic E-state index is 0.159. The Labute approximate surface area is 170 Å². The highest BCUT2D eigenvalue weighted by Crippen LogP contribution is 2.31. The fourth-order valence-corrected chi connectivity index (χ4v) is 3.03. The molecule has 30 heavy (non-hydrogen) atoms. The molecule has 7 nitrogen and oxygen atoms in total. The maximum absolute atomic E-state index is 13.2. The lowest BCUT2D eigenvalue weighted by Crippen LogP contribution is -2.35. The maximum Gasteiger partial charge on any atom is 0.416 e. The molecule has 0 aliphatic rings. The predicted octanol–water partition coefficient (Wildman–Crippen LogP) is 3.72. The van der Waals surface area contributed by atoms with Crippen molar-refractivity contribution in [2.75, 3.05) is 6.54 Å². The van der Waals surface area contributed by atoms with Crippen LogP contribution in [-0.4, -0.2) is 37.1 Å². The number of aromatic nitrogens is 4. The van der Waals surface area contributed by atoms with E-state index in [4.69, 9.17) is 0 Å². The van der Waals surface area contributed by atoms with Crippen molar-refractivity contribution in [3.63, 3.8) is 0 Å². The Balaban J connectivity index is 2.00. The van der Waals surface area contributed by atoms with Crippen LogP contribution in [0.1, 0.15) is 40.3 Å². The average molecular weight is 414 g/mol. The summed E-state index contributed by atoms with van der Waals surface area (Å²) in [4.78, 5) is 22.6. The SMILES string of the molecule is Cc1cc(C(=O)N(CC#N)C(C)c2ncnn2-c2ccccn2)cc(C(F)(F)F)c1. The number of nitrogens with zero attached hydrogens (tertiary/aromatic N) is 6. The molecule has 0 saturated heterocycles. The summed E-state index contributed by atoms with van der Waals surface area (Å²) in [5, 5.41) is 13.3. The summed E-state index contributed by atoms with van der Waals surface area (Å²) in [5.41, 5.74) is -0.797. The van der Waals surface area contributed by atoms with Crippen molar-refractivity contribution in [1.29, 1.82) is 5.26 Å². The highest BCUT2D eigenvalue weighted by molar-refractivity contribution is 5.95. The summed E-state index contributed by atoms with van der Waals surface area (Å²) in [6, 6.07) is 9.42. The van der Waals surface area contributed by atoms with E-state index in [0.29, 0.717) is 11.6 Å². The molecule has 0 saturated carbocycles. The normalized spacial score (nSPS) is 12.3. The molecule has 0 N–H and O–H groups in total. The smallest absolute Gasteiger partial charge is 0.315 e. The zero-order valence-electron chi connectivity index (χ0n) is 16.1. The van der Waals surface area contributed by atoms with Crippen molar-refractivity contribution >= 4 is 5.91 Å². The molecule has 10 heteroatoms. The molecule has 0 fully saturated rings. The first-order valence-electron chi connectivity index (χ1n) is 8.90. The molecule has 0 bridgehead atoms. The summed E-state index contributed by atoms with van der Waals surface area (Å²) in [6.45, 7) is 2.76. The second kappa shape index (κ2) is 8.32. The molecule has 1 unspecified atom stereocenters. The van der Waals surface area contributed by atoms with Crippen LogP contribution in [0.4, 0.5) is 13.2 Å². The van der Waals surface area contributed by atoms with Crippen molar-refractivity contribution < 1.29 is 18.0 Å². The van der Waals surface area contributed by atoms with Gasteiger partial charge in [-0.05, 0) is 49.7 Å². The molecule has 0 radical (unpaired) electrons. The molecule has 154 valence electrons. The van der Waals surface area contributed by atoms with Crippen molar-refractivity contribution in [3.05, 3.63) is 71.4 Å². The number of hydrogen-bond acceptors (Lipinski definition) is 5. The van der Waals surface area contributed by atoms with E-state index in [1.807, 2.05) is 6.07 Å². The fourth-order valence-electron chi connectivity index (χ4n) is 3.03. The van der Waals surface area contributed by atoms with Gasteiger partial charge in [-0.1, -0.05) is 6.07 Å². The predicted molar refractivity (Wildman–Crippen MR) is 100 cm³/mol. The average Bonchev–Trinajstić information content (AvgIpc) is 3.20. The first-order chi connectivity index (χ1) is 14.2. The summed E-state index contributed by atoms with van der Waals surface area (Å²) in [5.74, 6) is 0.0611. The van der Waals surface area contributed by atoms with Crippen LogP contribution < -0.4 is 0 Å². The van der Waals surface area contributed by atoms with Gasteiger partial charge in [-0.25, -0.2) is 9.97 Å². The van der Waals surface area contributed by atoms with Gasteiger partial charge in [0.15, 0.2) is 11.6 Å². The van der Waals surface area contributed by atoms with E-state index in [2.05, 4.69) is 15.1 Å². The summed E-state index contributed by atoms with van der Waals surface area (Å²) >= 11 is 0. The van der Waals surface area contributed by atoms with Gasteiger partial charge in [-0.2, -0.15) is 28.2 Å². The monoisotopic (exact) mass is 414 g/mol. The van der Waals surface area contributed by atoms with E-state index >= 15 is 0 Å². The number of carbonyl (C=O) groups is 1. The largest absolute Gasteiger partial charge is 0.416 e. The Morgan fingerprint density at radius 3 is 2.67 bits per heavy atom. The molecule has 1 amide bonds. The number of alkyl halides is 3. The molecule has 3 aromatic rings. The number of rotatable bonds is 5. The first-order valence-corrected chi connectivity index (χ1v) is 8.90. The molecule has 3 rings (SSSR count). The molecule has 2 heterocycles. The van der Waals surface area contributed by atoms with Gasteiger partial charge in [0.25, 0.3) is 5.91 Å². The van der Waals surface area contributed by atoms with Crippen molar-refractivity contribution in [2.24, 2.45) is 0 Å². The van der Waals surface area contributed by atoms with Crippen LogP contribution in [0.15, 0.2) is 48.9 Å². The Kier molecular flexibility index (Phi) is 5.82. The third kappa shape index (κ3) is 4.30. The van der Waals surface area contributed by atoms with Gasteiger partial charge in [-0.15, -0.1) is 0 Å². The van der Waals surface area contributed by atoms with E-state index in [-0.39, 0.29) is 17.7 Å². The van der Waals surface area contributed by atoms with E-state index in [1.54, 1.807) is 31.3 Å². The number of benzene rings is 1. The van der Waals surface area contributed by atoms with Gasteiger partial charge in [0, 0.05) is 11.8 Å². The number of hydrogen-bond donors (Lipinski definition) is 0. The van der Waals surface area contributed by atoms with Gasteiger partial charge in [0.2, 0.25) is 0 Å². The second-order valence-corrected chi connectivity index (χ2v) is 6.57. The lowest BCUT2D eigenvalue weighted by atomic mass is 10.0. The molecule has 0 aliphatic heterocycles. The maximum atomic E-state index is 13.2. The van der Waals surface area contributed by atoms with Gasteiger partial charge >= 0.3 is 6.18 Å². The Bertz CT molecular complexity index is 1090. The van der Waals surface area contributed by atoms with Crippen LogP contribution in [0, 0.1) is 18.3 Å². The van der Waals surface area contributed by atoms with Gasteiger partial charge < -0.3 is 4.90 Å². The molecule has 0 spiro atoms. The van der Waals surface area contributed by atoms with Crippen molar-refractivity contribution in [3.8, 4) is 11.9 Å². The number of halogens is 3. The zero-order chi connectivity index (χ0) is 21.9. The van der Waals surface area contributed by atoms with Crippen molar-refractivity contribution in [2.45, 2.75) is 26.1 Å². The summed E-state index contributed by atoms with van der Waals surface area (Å²) in [6.07, 6.45) is -1.75. The van der Waals surface area contributed by atoms with Crippen molar-refractivity contribution in [1.82, 2.24) is 24.6 Å².